The van der Waals surface area contributed by atoms with E-state index in [0.29, 0.717) is 4.47 Å². The molecule has 0 spiro atoms. The number of alkyl halides is 2. The van der Waals surface area contributed by atoms with Gasteiger partial charge in [-0.2, -0.15) is 8.78 Å². The molecule has 1 unspecified atom stereocenters. The largest absolute Gasteiger partial charge is 0.284 e. The molecule has 0 heterocycles. The summed E-state index contributed by atoms with van der Waals surface area (Å²) in [5, 5.41) is 0. The first-order chi connectivity index (χ1) is 5.43. The van der Waals surface area contributed by atoms with Crippen molar-refractivity contribution >= 4 is 25.2 Å². The van der Waals surface area contributed by atoms with Crippen molar-refractivity contribution in [1.82, 2.24) is 0 Å². The molecule has 0 aliphatic rings. The Morgan fingerprint density at radius 1 is 1.42 bits per heavy atom. The first-order valence-corrected chi connectivity index (χ1v) is 4.72. The van der Waals surface area contributed by atoms with Crippen LogP contribution >= 0.6 is 25.2 Å². The number of benzene rings is 1. The highest BCUT2D eigenvalue weighted by Gasteiger charge is 2.27. The van der Waals surface area contributed by atoms with Crippen LogP contribution in [0.4, 0.5) is 8.78 Å². The lowest BCUT2D eigenvalue weighted by Crippen LogP contribution is -2.03. The fourth-order valence-electron chi connectivity index (χ4n) is 0.905. The summed E-state index contributed by atoms with van der Waals surface area (Å²) in [6, 6.07) is 4.81. The molecule has 0 nitrogen and oxygen atoms in total. The molecule has 0 aliphatic carbocycles. The third-order valence-electron chi connectivity index (χ3n) is 1.55. The van der Waals surface area contributed by atoms with Crippen molar-refractivity contribution in [2.45, 2.75) is 12.6 Å². The first-order valence-electron chi connectivity index (χ1n) is 3.35. The van der Waals surface area contributed by atoms with E-state index in [2.05, 4.69) is 15.9 Å². The second-order valence-corrected chi connectivity index (χ2v) is 4.08. The van der Waals surface area contributed by atoms with E-state index in [9.17, 15) is 8.78 Å². The van der Waals surface area contributed by atoms with Gasteiger partial charge in [0.25, 0.3) is 5.66 Å². The Morgan fingerprint density at radius 2 is 2.00 bits per heavy atom. The summed E-state index contributed by atoms with van der Waals surface area (Å²) >= 11 is 3.12. The third kappa shape index (κ3) is 2.02. The minimum atomic E-state index is -2.86. The monoisotopic (exact) mass is 252 g/mol. The van der Waals surface area contributed by atoms with Crippen LogP contribution in [0, 0.1) is 6.92 Å². The quantitative estimate of drug-likeness (QED) is 0.669. The highest BCUT2D eigenvalue weighted by molar-refractivity contribution is 9.10. The summed E-state index contributed by atoms with van der Waals surface area (Å²) in [5.41, 5.74) is -2.03. The van der Waals surface area contributed by atoms with Gasteiger partial charge in [0.1, 0.15) is 0 Å². The highest BCUT2D eigenvalue weighted by atomic mass is 79.9. The van der Waals surface area contributed by atoms with Gasteiger partial charge in [0.05, 0.1) is 0 Å². The summed E-state index contributed by atoms with van der Waals surface area (Å²) < 4.78 is 26.1. The Morgan fingerprint density at radius 3 is 2.42 bits per heavy atom. The van der Waals surface area contributed by atoms with Crippen molar-refractivity contribution in [3.63, 3.8) is 0 Å². The molecule has 1 aromatic rings. The molecule has 1 aromatic carbocycles. The number of rotatable bonds is 1. The van der Waals surface area contributed by atoms with Crippen molar-refractivity contribution in [1.29, 1.82) is 0 Å². The van der Waals surface area contributed by atoms with Crippen LogP contribution in [-0.2, 0) is 5.66 Å². The van der Waals surface area contributed by atoms with Crippen LogP contribution in [0.15, 0.2) is 22.7 Å². The zero-order chi connectivity index (χ0) is 9.35. The van der Waals surface area contributed by atoms with Crippen LogP contribution in [0.2, 0.25) is 0 Å². The van der Waals surface area contributed by atoms with Crippen LogP contribution in [0.5, 0.6) is 0 Å². The number of hydrogen-bond acceptors (Lipinski definition) is 0. The smallest absolute Gasteiger partial charge is 0.197 e. The molecule has 0 saturated carbocycles. The van der Waals surface area contributed by atoms with Crippen LogP contribution < -0.4 is 0 Å². The zero-order valence-corrected chi connectivity index (χ0v) is 9.18. The van der Waals surface area contributed by atoms with Gasteiger partial charge in [-0.3, -0.25) is 0 Å². The van der Waals surface area contributed by atoms with E-state index in [0.717, 1.165) is 5.56 Å². The molecule has 4 heteroatoms. The van der Waals surface area contributed by atoms with E-state index in [1.165, 1.54) is 15.3 Å². The zero-order valence-electron chi connectivity index (χ0n) is 6.44. The second kappa shape index (κ2) is 3.39. The van der Waals surface area contributed by atoms with Crippen LogP contribution in [-0.4, -0.2) is 0 Å². The van der Waals surface area contributed by atoms with Gasteiger partial charge in [-0.15, -0.1) is 0 Å². The normalized spacial score (nSPS) is 11.8. The van der Waals surface area contributed by atoms with Gasteiger partial charge in [0, 0.05) is 10.0 Å². The van der Waals surface area contributed by atoms with Gasteiger partial charge in [-0.05, 0) is 28.4 Å². The van der Waals surface area contributed by atoms with Crippen molar-refractivity contribution in [2.75, 3.05) is 0 Å². The average Bonchev–Trinajstić information content (AvgIpc) is 1.92. The second-order valence-electron chi connectivity index (χ2n) is 2.56. The summed E-state index contributed by atoms with van der Waals surface area (Å²) in [5.74, 6) is 0. The Hall–Kier alpha value is -0.0100. The number of halogens is 3. The molecule has 66 valence electrons. The van der Waals surface area contributed by atoms with Gasteiger partial charge in [0.15, 0.2) is 0 Å². The van der Waals surface area contributed by atoms with E-state index in [1.807, 2.05) is 0 Å². The molecule has 0 saturated heterocycles. The Balaban J connectivity index is 3.26. The van der Waals surface area contributed by atoms with Crippen LogP contribution in [0.1, 0.15) is 11.1 Å². The Labute approximate surface area is 80.7 Å². The van der Waals surface area contributed by atoms with Gasteiger partial charge in [0.2, 0.25) is 0 Å². The van der Waals surface area contributed by atoms with Crippen LogP contribution in [0.3, 0.4) is 0 Å². The number of hydrogen-bond donors (Lipinski definition) is 0. The predicted octanol–water partition coefficient (Wildman–Crippen LogP) is 3.68. The summed E-state index contributed by atoms with van der Waals surface area (Å²) in [6.07, 6.45) is 0. The van der Waals surface area contributed by atoms with E-state index < -0.39 is 5.66 Å². The topological polar surface area (TPSA) is 0 Å². The molecule has 0 N–H and O–H groups in total. The highest BCUT2D eigenvalue weighted by Crippen LogP contribution is 2.39. The van der Waals surface area contributed by atoms with Gasteiger partial charge >= 0.3 is 0 Å². The van der Waals surface area contributed by atoms with Crippen LogP contribution in [0.25, 0.3) is 0 Å². The molecular weight excluding hydrogens is 245 g/mol. The maximum atomic E-state index is 12.8. The molecule has 0 amide bonds. The van der Waals surface area contributed by atoms with Crippen molar-refractivity contribution in [2.24, 2.45) is 0 Å². The molecule has 0 bridgehead atoms. The van der Waals surface area contributed by atoms with Crippen molar-refractivity contribution in [3.8, 4) is 0 Å². The fraction of sp³-hybridized carbons (Fsp3) is 0.250. The third-order valence-corrected chi connectivity index (χ3v) is 2.91. The minimum Gasteiger partial charge on any atom is -0.197 e. The van der Waals surface area contributed by atoms with Gasteiger partial charge < -0.3 is 0 Å². The van der Waals surface area contributed by atoms with E-state index in [1.54, 1.807) is 19.1 Å². The maximum absolute atomic E-state index is 12.8. The number of aryl methyl sites for hydroxylation is 1. The van der Waals surface area contributed by atoms with Gasteiger partial charge in [-0.1, -0.05) is 27.4 Å². The van der Waals surface area contributed by atoms with Crippen molar-refractivity contribution < 1.29 is 8.78 Å². The van der Waals surface area contributed by atoms with E-state index >= 15 is 0 Å². The summed E-state index contributed by atoms with van der Waals surface area (Å²) in [7, 11) is 1.52. The molecule has 0 aromatic heterocycles. The molecule has 0 fully saturated rings. The van der Waals surface area contributed by atoms with Crippen molar-refractivity contribution in [3.05, 3.63) is 33.8 Å². The van der Waals surface area contributed by atoms with E-state index in [4.69, 9.17) is 0 Å². The molecule has 0 radical (unpaired) electrons. The SMILES string of the molecule is Cc1cccc(C(F)(F)P)c1Br. The lowest BCUT2D eigenvalue weighted by Gasteiger charge is -2.13. The summed E-state index contributed by atoms with van der Waals surface area (Å²) in [6.45, 7) is 1.78. The Bertz CT molecular complexity index is 294. The standard InChI is InChI=1S/C8H8BrF2P/c1-5-3-2-4-6(7(5)9)8(10,11)12/h2-4H,12H2,1H3. The maximum Gasteiger partial charge on any atom is 0.284 e. The van der Waals surface area contributed by atoms with E-state index in [-0.39, 0.29) is 5.56 Å². The van der Waals surface area contributed by atoms with Gasteiger partial charge in [-0.25, -0.2) is 0 Å². The molecular formula is C8H8BrF2P. The minimum absolute atomic E-state index is 0.00694. The average molecular weight is 253 g/mol. The fourth-order valence-corrected chi connectivity index (χ4v) is 1.89. The lowest BCUT2D eigenvalue weighted by molar-refractivity contribution is 0.103. The molecule has 0 aliphatic heterocycles. The summed E-state index contributed by atoms with van der Waals surface area (Å²) in [4.78, 5) is 0. The lowest BCUT2D eigenvalue weighted by atomic mass is 10.1. The molecule has 1 atom stereocenters. The first kappa shape index (κ1) is 10.1. The molecule has 1 rings (SSSR count). The Kier molecular flexibility index (Phi) is 2.84. The molecule has 12 heavy (non-hydrogen) atoms. The predicted molar refractivity (Wildman–Crippen MR) is 52.5 cm³/mol.